The van der Waals surface area contributed by atoms with Crippen LogP contribution in [0.4, 0.5) is 10.6 Å². The molecule has 0 saturated carbocycles. The zero-order valence-corrected chi connectivity index (χ0v) is 23.3. The molecule has 222 valence electrons. The van der Waals surface area contributed by atoms with Crippen LogP contribution >= 0.6 is 12.4 Å². The van der Waals surface area contributed by atoms with E-state index in [-0.39, 0.29) is 88.3 Å². The molecule has 1 aliphatic heterocycles. The fraction of sp³-hybridized carbons (Fsp3) is 0.423. The Kier molecular flexibility index (Phi) is 12.7. The number of hydrogen-bond donors (Lipinski definition) is 4. The van der Waals surface area contributed by atoms with Gasteiger partial charge in [0.2, 0.25) is 5.91 Å². The Hall–Kier alpha value is -4.46. The Morgan fingerprint density at radius 1 is 0.951 bits per heavy atom. The van der Waals surface area contributed by atoms with Crippen LogP contribution in [0.25, 0.3) is 11.4 Å². The smallest absolute Gasteiger partial charge is 0.409 e. The first-order valence-corrected chi connectivity index (χ1v) is 12.8. The molecular formula is C26H33ClN6O8. The summed E-state index contributed by atoms with van der Waals surface area (Å²) in [5.41, 5.74) is 0.517. The molecule has 1 unspecified atom stereocenters. The zero-order valence-electron chi connectivity index (χ0n) is 22.4. The zero-order chi connectivity index (χ0) is 29.1. The molecule has 1 aliphatic rings. The number of nitrogens with one attached hydrogen (secondary N) is 2. The minimum atomic E-state index is -1.16. The molecule has 3 rings (SSSR count). The van der Waals surface area contributed by atoms with Crippen molar-refractivity contribution in [1.82, 2.24) is 25.1 Å². The molecule has 2 heterocycles. The molecule has 0 radical (unpaired) electrons. The molecule has 0 bridgehead atoms. The highest BCUT2D eigenvalue weighted by molar-refractivity contribution is 5.97. The first-order valence-electron chi connectivity index (χ1n) is 12.8. The number of rotatable bonds is 12. The number of carboxylic acid groups (broad SMARTS) is 2. The second-order valence-corrected chi connectivity index (χ2v) is 8.87. The summed E-state index contributed by atoms with van der Waals surface area (Å²) in [5.74, 6) is -2.92. The molecule has 0 spiro atoms. The largest absolute Gasteiger partial charge is 0.481 e. The van der Waals surface area contributed by atoms with E-state index < -0.39 is 35.9 Å². The van der Waals surface area contributed by atoms with Gasteiger partial charge in [-0.3, -0.25) is 19.2 Å². The summed E-state index contributed by atoms with van der Waals surface area (Å²) in [5, 5.41) is 23.6. The SMILES string of the molecule is CCOC(=O)N1CCN(C(=O)C(CCC(=O)O)NC(=O)c2cc(NCCC(=O)O)nc(-c3ccccc3)n2)CC1.Cl. The highest BCUT2D eigenvalue weighted by Crippen LogP contribution is 2.18. The first kappa shape index (κ1) is 32.8. The number of benzene rings is 1. The van der Waals surface area contributed by atoms with Crippen LogP contribution in [-0.4, -0.2) is 105 Å². The average Bonchev–Trinajstić information content (AvgIpc) is 2.95. The quantitative estimate of drug-likeness (QED) is 0.280. The molecule has 41 heavy (non-hydrogen) atoms. The van der Waals surface area contributed by atoms with E-state index in [1.807, 2.05) is 0 Å². The van der Waals surface area contributed by atoms with Crippen LogP contribution in [0, 0.1) is 0 Å². The number of carbonyl (C=O) groups is 5. The van der Waals surface area contributed by atoms with Crippen molar-refractivity contribution in [1.29, 1.82) is 0 Å². The number of aromatic nitrogens is 2. The molecule has 1 aromatic heterocycles. The van der Waals surface area contributed by atoms with Crippen LogP contribution in [0.3, 0.4) is 0 Å². The van der Waals surface area contributed by atoms with Crippen molar-refractivity contribution in [3.63, 3.8) is 0 Å². The molecule has 1 fully saturated rings. The van der Waals surface area contributed by atoms with Gasteiger partial charge in [0.25, 0.3) is 5.91 Å². The third kappa shape index (κ3) is 9.90. The summed E-state index contributed by atoms with van der Waals surface area (Å²) in [6.45, 7) is 2.85. The molecule has 3 amide bonds. The number of ether oxygens (including phenoxy) is 1. The predicted octanol–water partition coefficient (Wildman–Crippen LogP) is 1.72. The van der Waals surface area contributed by atoms with Gasteiger partial charge in [-0.25, -0.2) is 14.8 Å². The van der Waals surface area contributed by atoms with E-state index >= 15 is 0 Å². The van der Waals surface area contributed by atoms with E-state index in [0.29, 0.717) is 5.56 Å². The Morgan fingerprint density at radius 2 is 1.59 bits per heavy atom. The van der Waals surface area contributed by atoms with Crippen molar-refractivity contribution in [2.75, 3.05) is 44.6 Å². The Balaban J connectivity index is 0.00000588. The van der Waals surface area contributed by atoms with Crippen molar-refractivity contribution in [3.05, 3.63) is 42.1 Å². The molecule has 4 N–H and O–H groups in total. The van der Waals surface area contributed by atoms with Gasteiger partial charge in [-0.05, 0) is 13.3 Å². The van der Waals surface area contributed by atoms with Crippen LogP contribution in [0.2, 0.25) is 0 Å². The maximum atomic E-state index is 13.3. The molecule has 1 aromatic carbocycles. The van der Waals surface area contributed by atoms with E-state index in [1.54, 1.807) is 37.3 Å². The van der Waals surface area contributed by atoms with E-state index in [9.17, 15) is 29.1 Å². The molecule has 0 aliphatic carbocycles. The standard InChI is InChI=1S/C26H32N6O8.ClH/c1-2-40-26(39)32-14-12-31(13-15-32)25(38)18(8-9-21(33)34)29-24(37)19-16-20(27-11-10-22(35)36)30-23(28-19)17-6-4-3-5-7-17;/h3-7,16,18H,2,8-15H2,1H3,(H,29,37)(H,33,34)(H,35,36)(H,27,28,30);1H. The third-order valence-electron chi connectivity index (χ3n) is 6.00. The number of carboxylic acids is 2. The van der Waals surface area contributed by atoms with Crippen molar-refractivity contribution >= 4 is 48.1 Å². The highest BCUT2D eigenvalue weighted by atomic mass is 35.5. The summed E-state index contributed by atoms with van der Waals surface area (Å²) in [6.07, 6.45) is -1.17. The average molecular weight is 593 g/mol. The summed E-state index contributed by atoms with van der Waals surface area (Å²) < 4.78 is 4.99. The van der Waals surface area contributed by atoms with E-state index in [4.69, 9.17) is 9.84 Å². The minimum Gasteiger partial charge on any atom is -0.481 e. The van der Waals surface area contributed by atoms with Crippen molar-refractivity contribution in [2.45, 2.75) is 32.2 Å². The monoisotopic (exact) mass is 592 g/mol. The minimum absolute atomic E-state index is 0. The molecule has 2 aromatic rings. The number of amides is 3. The van der Waals surface area contributed by atoms with Gasteiger partial charge in [0.05, 0.1) is 13.0 Å². The number of carbonyl (C=O) groups excluding carboxylic acids is 3. The number of anilines is 1. The molecule has 15 heteroatoms. The van der Waals surface area contributed by atoms with E-state index in [1.165, 1.54) is 15.9 Å². The van der Waals surface area contributed by atoms with Crippen molar-refractivity contribution in [2.24, 2.45) is 0 Å². The molecular weight excluding hydrogens is 560 g/mol. The lowest BCUT2D eigenvalue weighted by Crippen LogP contribution is -2.56. The number of hydrogen-bond acceptors (Lipinski definition) is 9. The van der Waals surface area contributed by atoms with Crippen LogP contribution < -0.4 is 10.6 Å². The van der Waals surface area contributed by atoms with Crippen LogP contribution in [0.15, 0.2) is 36.4 Å². The fourth-order valence-electron chi connectivity index (χ4n) is 3.97. The second-order valence-electron chi connectivity index (χ2n) is 8.87. The van der Waals surface area contributed by atoms with Gasteiger partial charge in [0, 0.05) is 50.8 Å². The van der Waals surface area contributed by atoms with Gasteiger partial charge >= 0.3 is 18.0 Å². The lowest BCUT2D eigenvalue weighted by Gasteiger charge is -2.35. The van der Waals surface area contributed by atoms with E-state index in [0.717, 1.165) is 0 Å². The van der Waals surface area contributed by atoms with Crippen LogP contribution in [0.1, 0.15) is 36.7 Å². The van der Waals surface area contributed by atoms with Crippen LogP contribution in [-0.2, 0) is 19.1 Å². The van der Waals surface area contributed by atoms with Crippen molar-refractivity contribution in [3.8, 4) is 11.4 Å². The first-order chi connectivity index (χ1) is 19.2. The number of nitrogens with zero attached hydrogens (tertiary/aromatic N) is 4. The predicted molar refractivity (Wildman–Crippen MR) is 149 cm³/mol. The molecule has 1 saturated heterocycles. The fourth-order valence-corrected chi connectivity index (χ4v) is 3.97. The summed E-state index contributed by atoms with van der Waals surface area (Å²) in [4.78, 5) is 72.4. The summed E-state index contributed by atoms with van der Waals surface area (Å²) >= 11 is 0. The Morgan fingerprint density at radius 3 is 2.20 bits per heavy atom. The Bertz CT molecular complexity index is 1220. The highest BCUT2D eigenvalue weighted by Gasteiger charge is 2.31. The topological polar surface area (TPSA) is 191 Å². The lowest BCUT2D eigenvalue weighted by molar-refractivity contribution is -0.139. The van der Waals surface area contributed by atoms with Gasteiger partial charge in [-0.1, -0.05) is 30.3 Å². The third-order valence-corrected chi connectivity index (χ3v) is 6.00. The maximum Gasteiger partial charge on any atom is 0.409 e. The van der Waals surface area contributed by atoms with Gasteiger partial charge < -0.3 is 35.4 Å². The number of halogens is 1. The van der Waals surface area contributed by atoms with Crippen molar-refractivity contribution < 1.29 is 38.9 Å². The molecule has 1 atom stereocenters. The van der Waals surface area contributed by atoms with E-state index in [2.05, 4.69) is 20.6 Å². The van der Waals surface area contributed by atoms with Gasteiger partial charge in [0.1, 0.15) is 17.6 Å². The number of piperazine rings is 1. The second kappa shape index (κ2) is 16.0. The van der Waals surface area contributed by atoms with Crippen LogP contribution in [0.5, 0.6) is 0 Å². The Labute approximate surface area is 242 Å². The summed E-state index contributed by atoms with van der Waals surface area (Å²) in [6, 6.07) is 9.01. The van der Waals surface area contributed by atoms with Gasteiger partial charge in [0.15, 0.2) is 5.82 Å². The normalized spacial score (nSPS) is 13.4. The number of aliphatic carboxylic acids is 2. The lowest BCUT2D eigenvalue weighted by atomic mass is 10.1. The van der Waals surface area contributed by atoms with Gasteiger partial charge in [-0.15, -0.1) is 12.4 Å². The molecule has 14 nitrogen and oxygen atoms in total. The maximum absolute atomic E-state index is 13.3. The van der Waals surface area contributed by atoms with Gasteiger partial charge in [-0.2, -0.15) is 0 Å². The summed E-state index contributed by atoms with van der Waals surface area (Å²) in [7, 11) is 0.